The van der Waals surface area contributed by atoms with Gasteiger partial charge in [0.1, 0.15) is 5.01 Å². The number of pyridine rings is 1. The van der Waals surface area contributed by atoms with Crippen molar-refractivity contribution in [2.75, 3.05) is 0 Å². The predicted molar refractivity (Wildman–Crippen MR) is 75.7 cm³/mol. The molecule has 1 aromatic carbocycles. The van der Waals surface area contributed by atoms with Crippen LogP contribution in [0.1, 0.15) is 10.6 Å². The zero-order valence-corrected chi connectivity index (χ0v) is 11.5. The molecule has 0 saturated heterocycles. The van der Waals surface area contributed by atoms with Gasteiger partial charge >= 0.3 is 6.18 Å². The summed E-state index contributed by atoms with van der Waals surface area (Å²) in [6, 6.07) is 10.9. The molecule has 0 radical (unpaired) electrons. The molecule has 0 amide bonds. The summed E-state index contributed by atoms with van der Waals surface area (Å²) < 4.78 is 38.7. The maximum atomic E-state index is 12.9. The smallest absolute Gasteiger partial charge is 0.326 e. The van der Waals surface area contributed by atoms with Gasteiger partial charge in [0.2, 0.25) is 0 Å². The molecule has 3 nitrogen and oxygen atoms in total. The molecule has 108 valence electrons. The summed E-state index contributed by atoms with van der Waals surface area (Å²) in [5.41, 5.74) is 5.60. The number of benzene rings is 1. The van der Waals surface area contributed by atoms with E-state index in [4.69, 9.17) is 5.73 Å². The van der Waals surface area contributed by atoms with E-state index in [9.17, 15) is 13.2 Å². The molecule has 0 unspecified atom stereocenters. The first-order chi connectivity index (χ1) is 9.99. The molecule has 0 bridgehead atoms. The van der Waals surface area contributed by atoms with Gasteiger partial charge in [0.05, 0.1) is 16.1 Å². The zero-order valence-electron chi connectivity index (χ0n) is 10.7. The highest BCUT2D eigenvalue weighted by Gasteiger charge is 2.37. The van der Waals surface area contributed by atoms with Crippen molar-refractivity contribution in [3.8, 4) is 10.7 Å². The van der Waals surface area contributed by atoms with Gasteiger partial charge < -0.3 is 5.73 Å². The van der Waals surface area contributed by atoms with Gasteiger partial charge in [-0.15, -0.1) is 11.3 Å². The van der Waals surface area contributed by atoms with Gasteiger partial charge in [0.15, 0.2) is 5.69 Å². The molecular formula is C14H10F3N3S. The van der Waals surface area contributed by atoms with Gasteiger partial charge in [0.25, 0.3) is 0 Å². The highest BCUT2D eigenvalue weighted by atomic mass is 32.1. The van der Waals surface area contributed by atoms with E-state index in [0.717, 1.165) is 16.7 Å². The Morgan fingerprint density at radius 2 is 1.81 bits per heavy atom. The number of para-hydroxylation sites is 1. The second kappa shape index (κ2) is 5.09. The number of nitrogens with two attached hydrogens (primary N) is 1. The molecule has 2 heterocycles. The number of hydrogen-bond acceptors (Lipinski definition) is 4. The largest absolute Gasteiger partial charge is 0.434 e. The third-order valence-electron chi connectivity index (χ3n) is 2.97. The van der Waals surface area contributed by atoms with Crippen LogP contribution in [-0.4, -0.2) is 9.97 Å². The van der Waals surface area contributed by atoms with Crippen molar-refractivity contribution in [2.24, 2.45) is 5.73 Å². The Hall–Kier alpha value is -1.99. The van der Waals surface area contributed by atoms with Crippen LogP contribution >= 0.6 is 11.3 Å². The van der Waals surface area contributed by atoms with Crippen LogP contribution in [0.2, 0.25) is 0 Å². The maximum absolute atomic E-state index is 12.9. The van der Waals surface area contributed by atoms with E-state index in [1.165, 1.54) is 0 Å². The van der Waals surface area contributed by atoms with Gasteiger partial charge in [-0.1, -0.05) is 24.3 Å². The van der Waals surface area contributed by atoms with Gasteiger partial charge in [-0.2, -0.15) is 13.2 Å². The number of nitrogens with zero attached hydrogens (tertiary/aromatic N) is 2. The van der Waals surface area contributed by atoms with Gasteiger partial charge in [-0.25, -0.2) is 9.97 Å². The summed E-state index contributed by atoms with van der Waals surface area (Å²) >= 11 is 0.929. The Kier molecular flexibility index (Phi) is 3.38. The fourth-order valence-electron chi connectivity index (χ4n) is 2.01. The van der Waals surface area contributed by atoms with Crippen molar-refractivity contribution in [2.45, 2.75) is 12.7 Å². The molecule has 2 N–H and O–H groups in total. The van der Waals surface area contributed by atoms with Crippen molar-refractivity contribution < 1.29 is 13.2 Å². The van der Waals surface area contributed by atoms with E-state index in [1.54, 1.807) is 12.1 Å². The van der Waals surface area contributed by atoms with E-state index in [0.29, 0.717) is 11.2 Å². The summed E-state index contributed by atoms with van der Waals surface area (Å²) in [5.74, 6) is 0. The highest BCUT2D eigenvalue weighted by molar-refractivity contribution is 7.15. The molecule has 0 atom stereocenters. The molecule has 2 aromatic heterocycles. The van der Waals surface area contributed by atoms with E-state index in [2.05, 4.69) is 9.97 Å². The van der Waals surface area contributed by atoms with Gasteiger partial charge in [-0.05, 0) is 12.1 Å². The Morgan fingerprint density at radius 1 is 1.05 bits per heavy atom. The van der Waals surface area contributed by atoms with E-state index >= 15 is 0 Å². The number of alkyl halides is 3. The first-order valence-corrected chi connectivity index (χ1v) is 6.94. The summed E-state index contributed by atoms with van der Waals surface area (Å²) in [6.45, 7) is -0.194. The van der Waals surface area contributed by atoms with Crippen molar-refractivity contribution in [1.82, 2.24) is 9.97 Å². The molecule has 0 aliphatic heterocycles. The number of halogens is 3. The second-order valence-electron chi connectivity index (χ2n) is 4.38. The quantitative estimate of drug-likeness (QED) is 0.782. The third-order valence-corrected chi connectivity index (χ3v) is 4.07. The van der Waals surface area contributed by atoms with Crippen LogP contribution in [0.3, 0.4) is 0 Å². The molecule has 21 heavy (non-hydrogen) atoms. The van der Waals surface area contributed by atoms with E-state index in [-0.39, 0.29) is 16.4 Å². The average Bonchev–Trinajstić information content (AvgIpc) is 2.91. The molecule has 0 fully saturated rings. The fraction of sp³-hybridized carbons (Fsp3) is 0.143. The Bertz CT molecular complexity index is 796. The number of thiazole rings is 1. The molecule has 0 aliphatic carbocycles. The van der Waals surface area contributed by atoms with Crippen LogP contribution in [0, 0.1) is 0 Å². The maximum Gasteiger partial charge on any atom is 0.434 e. The summed E-state index contributed by atoms with van der Waals surface area (Å²) in [7, 11) is 0. The predicted octanol–water partition coefficient (Wildman–Crippen LogP) is 3.84. The topological polar surface area (TPSA) is 51.8 Å². The van der Waals surface area contributed by atoms with Crippen molar-refractivity contribution in [3.63, 3.8) is 0 Å². The third kappa shape index (κ3) is 2.62. The number of hydrogen-bond donors (Lipinski definition) is 1. The zero-order chi connectivity index (χ0) is 15.0. The molecule has 0 spiro atoms. The Morgan fingerprint density at radius 3 is 2.48 bits per heavy atom. The van der Waals surface area contributed by atoms with Gasteiger partial charge in [-0.3, -0.25) is 0 Å². The minimum Gasteiger partial charge on any atom is -0.326 e. The highest BCUT2D eigenvalue weighted by Crippen LogP contribution is 2.37. The first kappa shape index (κ1) is 14.0. The molecule has 3 rings (SSSR count). The summed E-state index contributed by atoms with van der Waals surface area (Å²) in [6.07, 6.45) is -4.50. The normalized spacial score (nSPS) is 12.0. The summed E-state index contributed by atoms with van der Waals surface area (Å²) in [4.78, 5) is 8.06. The lowest BCUT2D eigenvalue weighted by atomic mass is 10.2. The Labute approximate surface area is 122 Å². The molecular weight excluding hydrogens is 299 g/mol. The van der Waals surface area contributed by atoms with Crippen LogP contribution in [-0.2, 0) is 12.7 Å². The summed E-state index contributed by atoms with van der Waals surface area (Å²) in [5, 5.41) is 1.15. The lowest BCUT2D eigenvalue weighted by Gasteiger charge is -2.03. The van der Waals surface area contributed by atoms with E-state index < -0.39 is 11.9 Å². The van der Waals surface area contributed by atoms with Crippen LogP contribution in [0.4, 0.5) is 13.2 Å². The van der Waals surface area contributed by atoms with Crippen molar-refractivity contribution in [1.29, 1.82) is 0 Å². The van der Waals surface area contributed by atoms with Crippen LogP contribution in [0.15, 0.2) is 36.4 Å². The standard InChI is InChI=1S/C14H10F3N3S/c15-14(16,17)12-11(7-18)21-13(20-12)10-6-5-8-3-1-2-4-9(8)19-10/h1-6H,7,18H2. The molecule has 7 heteroatoms. The van der Waals surface area contributed by atoms with Crippen LogP contribution < -0.4 is 5.73 Å². The second-order valence-corrected chi connectivity index (χ2v) is 5.47. The minimum absolute atomic E-state index is 0.0208. The minimum atomic E-state index is -4.50. The number of fused-ring (bicyclic) bond motifs is 1. The van der Waals surface area contributed by atoms with Crippen molar-refractivity contribution in [3.05, 3.63) is 47.0 Å². The fourth-order valence-corrected chi connectivity index (χ4v) is 2.94. The first-order valence-electron chi connectivity index (χ1n) is 6.12. The van der Waals surface area contributed by atoms with E-state index in [1.807, 2.05) is 24.3 Å². The SMILES string of the molecule is NCc1sc(-c2ccc3ccccc3n2)nc1C(F)(F)F. The molecule has 0 aliphatic rings. The lowest BCUT2D eigenvalue weighted by Crippen LogP contribution is -2.10. The monoisotopic (exact) mass is 309 g/mol. The number of aromatic nitrogens is 2. The van der Waals surface area contributed by atoms with Crippen molar-refractivity contribution >= 4 is 22.2 Å². The average molecular weight is 309 g/mol. The molecule has 3 aromatic rings. The number of rotatable bonds is 2. The molecule has 0 saturated carbocycles. The van der Waals surface area contributed by atoms with Crippen LogP contribution in [0.25, 0.3) is 21.6 Å². The van der Waals surface area contributed by atoms with Crippen LogP contribution in [0.5, 0.6) is 0 Å². The lowest BCUT2D eigenvalue weighted by molar-refractivity contribution is -0.141. The Balaban J connectivity index is 2.12. The van der Waals surface area contributed by atoms with Gasteiger partial charge in [0, 0.05) is 11.9 Å².